The van der Waals surface area contributed by atoms with Crippen LogP contribution in [0.4, 0.5) is 0 Å². The highest BCUT2D eigenvalue weighted by Crippen LogP contribution is 2.37. The third kappa shape index (κ3) is 8.37. The third-order valence-electron chi connectivity index (χ3n) is 11.3. The summed E-state index contributed by atoms with van der Waals surface area (Å²) in [4.78, 5) is 75.8. The molecule has 2 amide bonds. The lowest BCUT2D eigenvalue weighted by Crippen LogP contribution is -2.46. The molecule has 1 N–H and O–H groups in total. The minimum atomic E-state index is -0.431. The summed E-state index contributed by atoms with van der Waals surface area (Å²) >= 11 is 0. The van der Waals surface area contributed by atoms with Crippen molar-refractivity contribution >= 4 is 34.9 Å². The molecule has 9 nitrogen and oxygen atoms in total. The van der Waals surface area contributed by atoms with Crippen LogP contribution >= 0.6 is 0 Å². The SMILES string of the molecule is O=C1CCC(=O)C(C2CCCc3c(CCCOCCOCCCc4cccc5c4CCC(C4CCC(=O)NC4=O)C5=O)cccc3C2=O)CC1. The van der Waals surface area contributed by atoms with Crippen LogP contribution in [0.2, 0.25) is 0 Å². The summed E-state index contributed by atoms with van der Waals surface area (Å²) in [6.07, 6.45) is 9.24. The second-order valence-corrected chi connectivity index (χ2v) is 14.4. The van der Waals surface area contributed by atoms with Gasteiger partial charge in [-0.3, -0.25) is 34.1 Å². The maximum absolute atomic E-state index is 13.7. The predicted molar refractivity (Wildman–Crippen MR) is 186 cm³/mol. The number of Topliss-reactive ketones (excluding diaryl/α,β-unsaturated/α-hetero) is 4. The standard InChI is InChI=1S/C41H49NO8/c43-28-14-16-31(37(44)20-15-28)34-13-3-10-29-26(6-1-11-32(29)39(34)46)8-4-22-49-24-25-50-23-5-9-27-7-2-12-33-30(27)17-18-35(40(33)47)36-19-21-38(45)42-41(36)48/h1-2,6-7,11-12,31,34-36H,3-5,8-10,13-25H2,(H,42,45,48). The third-order valence-corrected chi connectivity index (χ3v) is 11.3. The first kappa shape index (κ1) is 36.0. The lowest BCUT2D eigenvalue weighted by atomic mass is 9.72. The summed E-state index contributed by atoms with van der Waals surface area (Å²) in [5, 5.41) is 2.40. The Morgan fingerprint density at radius 1 is 0.560 bits per heavy atom. The molecule has 2 aromatic carbocycles. The van der Waals surface area contributed by atoms with Crippen LogP contribution in [-0.2, 0) is 54.3 Å². The molecule has 0 radical (unpaired) electrons. The van der Waals surface area contributed by atoms with Crippen LogP contribution in [0.1, 0.15) is 114 Å². The van der Waals surface area contributed by atoms with Gasteiger partial charge in [0.2, 0.25) is 11.8 Å². The Labute approximate surface area is 294 Å². The second kappa shape index (κ2) is 16.9. The number of benzene rings is 2. The molecule has 2 aromatic rings. The summed E-state index contributed by atoms with van der Waals surface area (Å²) in [7, 11) is 0. The first-order chi connectivity index (χ1) is 24.3. The normalized spacial score (nSPS) is 24.3. The predicted octanol–water partition coefficient (Wildman–Crippen LogP) is 5.55. The highest BCUT2D eigenvalue weighted by molar-refractivity contribution is 6.06. The Balaban J connectivity index is 0.895. The number of carbonyl (C=O) groups excluding carboxylic acids is 6. The molecule has 2 fully saturated rings. The molecule has 1 heterocycles. The lowest BCUT2D eigenvalue weighted by Gasteiger charge is -2.32. The molecule has 50 heavy (non-hydrogen) atoms. The molecule has 0 bridgehead atoms. The van der Waals surface area contributed by atoms with E-state index in [2.05, 4.69) is 17.4 Å². The van der Waals surface area contributed by atoms with Crippen molar-refractivity contribution in [1.82, 2.24) is 5.32 Å². The molecule has 4 unspecified atom stereocenters. The van der Waals surface area contributed by atoms with Crippen LogP contribution in [0.5, 0.6) is 0 Å². The second-order valence-electron chi connectivity index (χ2n) is 14.4. The van der Waals surface area contributed by atoms with Gasteiger partial charge in [0, 0.05) is 73.7 Å². The summed E-state index contributed by atoms with van der Waals surface area (Å²) in [5.74, 6) is -1.75. The number of nitrogens with one attached hydrogen (secondary N) is 1. The van der Waals surface area contributed by atoms with E-state index in [4.69, 9.17) is 9.47 Å². The Hall–Kier alpha value is -3.82. The zero-order valence-electron chi connectivity index (χ0n) is 29.0. The molecule has 266 valence electrons. The van der Waals surface area contributed by atoms with Gasteiger partial charge in [0.15, 0.2) is 11.6 Å². The van der Waals surface area contributed by atoms with E-state index in [1.54, 1.807) is 0 Å². The molecule has 0 aromatic heterocycles. The van der Waals surface area contributed by atoms with Gasteiger partial charge in [-0.15, -0.1) is 0 Å². The fourth-order valence-corrected chi connectivity index (χ4v) is 8.64. The van der Waals surface area contributed by atoms with E-state index in [1.807, 2.05) is 24.3 Å². The zero-order chi connectivity index (χ0) is 35.0. The van der Waals surface area contributed by atoms with Crippen molar-refractivity contribution in [3.63, 3.8) is 0 Å². The molecular formula is C41H49NO8. The Morgan fingerprint density at radius 2 is 1.14 bits per heavy atom. The van der Waals surface area contributed by atoms with Crippen LogP contribution in [0, 0.1) is 23.7 Å². The number of rotatable bonds is 13. The van der Waals surface area contributed by atoms with Gasteiger partial charge in [-0.25, -0.2) is 0 Å². The number of imide groups is 1. The summed E-state index contributed by atoms with van der Waals surface area (Å²) in [6.45, 7) is 2.19. The van der Waals surface area contributed by atoms with Crippen LogP contribution < -0.4 is 5.32 Å². The molecule has 3 aliphatic carbocycles. The first-order valence-corrected chi connectivity index (χ1v) is 18.7. The van der Waals surface area contributed by atoms with Gasteiger partial charge >= 0.3 is 0 Å². The van der Waals surface area contributed by atoms with Gasteiger partial charge in [-0.1, -0.05) is 36.4 Å². The fourth-order valence-electron chi connectivity index (χ4n) is 8.64. The Morgan fingerprint density at radius 3 is 1.78 bits per heavy atom. The molecule has 1 saturated carbocycles. The van der Waals surface area contributed by atoms with E-state index in [0.717, 1.165) is 67.2 Å². The van der Waals surface area contributed by atoms with Gasteiger partial charge in [0.25, 0.3) is 0 Å². The van der Waals surface area contributed by atoms with E-state index in [9.17, 15) is 28.8 Å². The summed E-state index contributed by atoms with van der Waals surface area (Å²) < 4.78 is 11.7. The highest BCUT2D eigenvalue weighted by Gasteiger charge is 2.40. The average molecular weight is 684 g/mol. The van der Waals surface area contributed by atoms with E-state index in [-0.39, 0.29) is 65.5 Å². The lowest BCUT2D eigenvalue weighted by molar-refractivity contribution is -0.137. The maximum Gasteiger partial charge on any atom is 0.230 e. The average Bonchev–Trinajstić information content (AvgIpc) is 3.38. The van der Waals surface area contributed by atoms with Crippen LogP contribution in [0.3, 0.4) is 0 Å². The van der Waals surface area contributed by atoms with Gasteiger partial charge in [-0.05, 0) is 92.9 Å². The van der Waals surface area contributed by atoms with Crippen LogP contribution in [0.25, 0.3) is 0 Å². The summed E-state index contributed by atoms with van der Waals surface area (Å²) in [6, 6.07) is 11.8. The first-order valence-electron chi connectivity index (χ1n) is 18.7. The molecule has 1 saturated heterocycles. The smallest absolute Gasteiger partial charge is 0.230 e. The molecule has 1 aliphatic heterocycles. The molecule has 9 heteroatoms. The minimum absolute atomic E-state index is 0.0168. The number of amides is 2. The van der Waals surface area contributed by atoms with Crippen molar-refractivity contribution in [3.8, 4) is 0 Å². The minimum Gasteiger partial charge on any atom is -0.379 e. The molecular weight excluding hydrogens is 634 g/mol. The highest BCUT2D eigenvalue weighted by atomic mass is 16.5. The quantitative estimate of drug-likeness (QED) is 0.126. The number of hydrogen-bond donors (Lipinski definition) is 1. The summed E-state index contributed by atoms with van der Waals surface area (Å²) in [5.41, 5.74) is 5.99. The van der Waals surface area contributed by atoms with E-state index >= 15 is 0 Å². The number of carbonyl (C=O) groups is 6. The van der Waals surface area contributed by atoms with Crippen molar-refractivity contribution < 1.29 is 38.2 Å². The molecule has 6 rings (SSSR count). The van der Waals surface area contributed by atoms with Crippen LogP contribution in [-0.4, -0.2) is 61.4 Å². The van der Waals surface area contributed by atoms with Gasteiger partial charge in [0.1, 0.15) is 11.6 Å². The van der Waals surface area contributed by atoms with Crippen molar-refractivity contribution in [2.75, 3.05) is 26.4 Å². The fraction of sp³-hybridized carbons (Fsp3) is 0.561. The maximum atomic E-state index is 13.7. The number of ether oxygens (including phenoxy) is 2. The van der Waals surface area contributed by atoms with E-state index in [0.29, 0.717) is 70.5 Å². The Bertz CT molecular complexity index is 1630. The van der Waals surface area contributed by atoms with Gasteiger partial charge < -0.3 is 9.47 Å². The van der Waals surface area contributed by atoms with Gasteiger partial charge in [0.05, 0.1) is 13.2 Å². The molecule has 4 aliphatic rings. The number of aryl methyl sites for hydroxylation is 2. The van der Waals surface area contributed by atoms with Crippen molar-refractivity contribution in [2.24, 2.45) is 23.7 Å². The van der Waals surface area contributed by atoms with E-state index < -0.39 is 5.92 Å². The zero-order valence-corrected chi connectivity index (χ0v) is 29.0. The van der Waals surface area contributed by atoms with Crippen molar-refractivity contribution in [2.45, 2.75) is 96.3 Å². The topological polar surface area (TPSA) is 133 Å². The number of fused-ring (bicyclic) bond motifs is 2. The Kier molecular flexibility index (Phi) is 12.2. The van der Waals surface area contributed by atoms with E-state index in [1.165, 1.54) is 5.56 Å². The van der Waals surface area contributed by atoms with Crippen molar-refractivity contribution in [3.05, 3.63) is 69.8 Å². The number of piperidine rings is 1. The number of ketones is 4. The largest absolute Gasteiger partial charge is 0.379 e. The number of hydrogen-bond acceptors (Lipinski definition) is 8. The van der Waals surface area contributed by atoms with Gasteiger partial charge in [-0.2, -0.15) is 0 Å². The molecule has 0 spiro atoms. The monoisotopic (exact) mass is 683 g/mol. The molecule has 4 atom stereocenters. The van der Waals surface area contributed by atoms with Crippen LogP contribution in [0.15, 0.2) is 36.4 Å². The van der Waals surface area contributed by atoms with Crippen molar-refractivity contribution in [1.29, 1.82) is 0 Å².